The zero-order chi connectivity index (χ0) is 14.9. The number of rotatable bonds is 3. The molecule has 0 radical (unpaired) electrons. The quantitative estimate of drug-likeness (QED) is 0.829. The molecule has 0 fully saturated rings. The van der Waals surface area contributed by atoms with Gasteiger partial charge in [0.05, 0.1) is 20.8 Å². The Morgan fingerprint density at radius 1 is 1.20 bits per heavy atom. The molecule has 8 heteroatoms. The fourth-order valence-corrected chi connectivity index (χ4v) is 2.02. The van der Waals surface area contributed by atoms with E-state index in [4.69, 9.17) is 34.8 Å². The number of nitrogens with zero attached hydrogens (tertiary/aromatic N) is 2. The normalized spacial score (nSPS) is 10.9. The molecule has 5 nitrogen and oxygen atoms in total. The molecular formula is C12H11Cl3N4O. The van der Waals surface area contributed by atoms with Crippen LogP contribution in [-0.4, -0.2) is 21.1 Å². The minimum absolute atomic E-state index is 0.0378. The number of halogens is 3. The summed E-state index contributed by atoms with van der Waals surface area (Å²) in [6.07, 6.45) is 0. The molecule has 20 heavy (non-hydrogen) atoms. The van der Waals surface area contributed by atoms with Crippen LogP contribution in [0, 0.1) is 0 Å². The smallest absolute Gasteiger partial charge is 0.295 e. The van der Waals surface area contributed by atoms with Gasteiger partial charge in [0.1, 0.15) is 5.82 Å². The van der Waals surface area contributed by atoms with Crippen molar-refractivity contribution in [3.8, 4) is 0 Å². The van der Waals surface area contributed by atoms with Crippen molar-refractivity contribution in [1.82, 2.24) is 15.2 Å². The van der Waals surface area contributed by atoms with E-state index < -0.39 is 5.91 Å². The van der Waals surface area contributed by atoms with Crippen LogP contribution in [0.3, 0.4) is 0 Å². The summed E-state index contributed by atoms with van der Waals surface area (Å²) >= 11 is 17.7. The zero-order valence-corrected chi connectivity index (χ0v) is 12.9. The third-order valence-corrected chi connectivity index (χ3v) is 3.55. The summed E-state index contributed by atoms with van der Waals surface area (Å²) in [6.45, 7) is 3.88. The maximum atomic E-state index is 12.0. The number of aromatic amines is 1. The van der Waals surface area contributed by atoms with Gasteiger partial charge in [-0.05, 0) is 12.1 Å². The van der Waals surface area contributed by atoms with Crippen LogP contribution in [0.4, 0.5) is 5.69 Å². The lowest BCUT2D eigenvalue weighted by molar-refractivity contribution is 0.101. The minimum Gasteiger partial charge on any atom is -0.318 e. The largest absolute Gasteiger partial charge is 0.318 e. The summed E-state index contributed by atoms with van der Waals surface area (Å²) in [5.74, 6) is 0.345. The van der Waals surface area contributed by atoms with Crippen molar-refractivity contribution in [2.24, 2.45) is 0 Å². The number of hydrogen-bond donors (Lipinski definition) is 2. The molecule has 0 atom stereocenters. The van der Waals surface area contributed by atoms with Crippen LogP contribution in [0.15, 0.2) is 12.1 Å². The number of benzene rings is 1. The predicted octanol–water partition coefficient (Wildman–Crippen LogP) is 4.14. The van der Waals surface area contributed by atoms with Gasteiger partial charge >= 0.3 is 0 Å². The first kappa shape index (κ1) is 15.1. The summed E-state index contributed by atoms with van der Waals surface area (Å²) in [5.41, 5.74) is 0.349. The lowest BCUT2D eigenvalue weighted by Crippen LogP contribution is -2.14. The van der Waals surface area contributed by atoms with E-state index in [9.17, 15) is 4.79 Å². The Hall–Kier alpha value is -1.30. The highest BCUT2D eigenvalue weighted by Crippen LogP contribution is 2.32. The van der Waals surface area contributed by atoms with Gasteiger partial charge in [-0.2, -0.15) is 0 Å². The first-order valence-corrected chi connectivity index (χ1v) is 6.90. The maximum Gasteiger partial charge on any atom is 0.295 e. The number of amides is 1. The van der Waals surface area contributed by atoms with Crippen LogP contribution < -0.4 is 5.32 Å². The molecule has 0 aliphatic rings. The second-order valence-corrected chi connectivity index (χ2v) is 5.62. The van der Waals surface area contributed by atoms with Crippen LogP contribution >= 0.6 is 34.8 Å². The third-order valence-electron chi connectivity index (χ3n) is 2.51. The molecule has 0 spiro atoms. The molecule has 0 bridgehead atoms. The number of aromatic nitrogens is 3. The van der Waals surface area contributed by atoms with Crippen LogP contribution in [0.2, 0.25) is 15.1 Å². The van der Waals surface area contributed by atoms with Gasteiger partial charge in [0.25, 0.3) is 5.91 Å². The Morgan fingerprint density at radius 2 is 1.85 bits per heavy atom. The van der Waals surface area contributed by atoms with Crippen molar-refractivity contribution in [2.75, 3.05) is 5.32 Å². The molecule has 106 valence electrons. The Labute approximate surface area is 130 Å². The Morgan fingerprint density at radius 3 is 2.45 bits per heavy atom. The van der Waals surface area contributed by atoms with Gasteiger partial charge < -0.3 is 5.32 Å². The van der Waals surface area contributed by atoms with E-state index in [2.05, 4.69) is 20.5 Å². The molecule has 0 saturated carbocycles. The van der Waals surface area contributed by atoms with Crippen molar-refractivity contribution in [3.63, 3.8) is 0 Å². The third kappa shape index (κ3) is 3.23. The van der Waals surface area contributed by atoms with Gasteiger partial charge in [0, 0.05) is 5.92 Å². The number of anilines is 1. The van der Waals surface area contributed by atoms with E-state index in [1.54, 1.807) is 0 Å². The lowest BCUT2D eigenvalue weighted by atomic mass is 10.2. The van der Waals surface area contributed by atoms with Crippen molar-refractivity contribution >= 4 is 46.4 Å². The molecule has 0 aliphatic carbocycles. The monoisotopic (exact) mass is 332 g/mol. The fraction of sp³-hybridized carbons (Fsp3) is 0.250. The number of nitrogens with one attached hydrogen (secondary N) is 2. The Bertz CT molecular complexity index is 654. The molecule has 1 aromatic heterocycles. The molecule has 2 aromatic rings. The highest BCUT2D eigenvalue weighted by Gasteiger charge is 2.16. The molecule has 1 aromatic carbocycles. The van der Waals surface area contributed by atoms with Crippen molar-refractivity contribution in [2.45, 2.75) is 19.8 Å². The number of H-pyrrole nitrogens is 1. The van der Waals surface area contributed by atoms with E-state index in [-0.39, 0.29) is 16.8 Å². The second kappa shape index (κ2) is 5.99. The summed E-state index contributed by atoms with van der Waals surface area (Å²) in [7, 11) is 0. The van der Waals surface area contributed by atoms with E-state index in [1.807, 2.05) is 13.8 Å². The van der Waals surface area contributed by atoms with Crippen molar-refractivity contribution < 1.29 is 4.79 Å². The van der Waals surface area contributed by atoms with Crippen LogP contribution in [-0.2, 0) is 0 Å². The maximum absolute atomic E-state index is 12.0. The summed E-state index contributed by atoms with van der Waals surface area (Å²) in [5, 5.41) is 10.0. The fourth-order valence-electron chi connectivity index (χ4n) is 1.43. The standard InChI is InChI=1S/C12H11Cl3N4O/c1-5(2)10-17-11(19-18-10)12(20)16-9-4-7(14)6(13)3-8(9)15/h3-5H,1-2H3,(H,16,20)(H,17,18,19). The average molecular weight is 334 g/mol. The number of hydrogen-bond acceptors (Lipinski definition) is 3. The van der Waals surface area contributed by atoms with Crippen molar-refractivity contribution in [1.29, 1.82) is 0 Å². The van der Waals surface area contributed by atoms with Gasteiger partial charge in [0.2, 0.25) is 5.82 Å². The minimum atomic E-state index is -0.478. The zero-order valence-electron chi connectivity index (χ0n) is 10.7. The molecular weight excluding hydrogens is 323 g/mol. The number of carbonyl (C=O) groups excluding carboxylic acids is 1. The highest BCUT2D eigenvalue weighted by molar-refractivity contribution is 6.44. The van der Waals surface area contributed by atoms with Gasteiger partial charge in [-0.3, -0.25) is 9.89 Å². The molecule has 1 amide bonds. The average Bonchev–Trinajstić information content (AvgIpc) is 2.85. The SMILES string of the molecule is CC(C)c1nc(C(=O)Nc2cc(Cl)c(Cl)cc2Cl)n[nH]1. The molecule has 1 heterocycles. The summed E-state index contributed by atoms with van der Waals surface area (Å²) < 4.78 is 0. The van der Waals surface area contributed by atoms with E-state index in [0.717, 1.165) is 0 Å². The van der Waals surface area contributed by atoms with E-state index in [0.29, 0.717) is 21.6 Å². The summed E-state index contributed by atoms with van der Waals surface area (Å²) in [6, 6.07) is 2.93. The molecule has 0 unspecified atom stereocenters. The topological polar surface area (TPSA) is 70.7 Å². The van der Waals surface area contributed by atoms with Gasteiger partial charge in [0.15, 0.2) is 0 Å². The predicted molar refractivity (Wildman–Crippen MR) is 79.9 cm³/mol. The van der Waals surface area contributed by atoms with Crippen LogP contribution in [0.25, 0.3) is 0 Å². The van der Waals surface area contributed by atoms with Gasteiger partial charge in [-0.15, -0.1) is 5.10 Å². The van der Waals surface area contributed by atoms with E-state index in [1.165, 1.54) is 12.1 Å². The van der Waals surface area contributed by atoms with Crippen LogP contribution in [0.1, 0.15) is 36.2 Å². The number of carbonyl (C=O) groups is 1. The molecule has 2 rings (SSSR count). The van der Waals surface area contributed by atoms with Crippen molar-refractivity contribution in [3.05, 3.63) is 38.8 Å². The lowest BCUT2D eigenvalue weighted by Gasteiger charge is -2.06. The molecule has 0 aliphatic heterocycles. The summed E-state index contributed by atoms with van der Waals surface area (Å²) in [4.78, 5) is 16.1. The van der Waals surface area contributed by atoms with Gasteiger partial charge in [-0.25, -0.2) is 4.98 Å². The second-order valence-electron chi connectivity index (χ2n) is 4.40. The molecule has 0 saturated heterocycles. The Kier molecular flexibility index (Phi) is 4.52. The first-order chi connectivity index (χ1) is 9.38. The highest BCUT2D eigenvalue weighted by atomic mass is 35.5. The van der Waals surface area contributed by atoms with E-state index >= 15 is 0 Å². The van der Waals surface area contributed by atoms with Crippen LogP contribution in [0.5, 0.6) is 0 Å². The Balaban J connectivity index is 2.21. The molecule has 2 N–H and O–H groups in total. The van der Waals surface area contributed by atoms with Gasteiger partial charge in [-0.1, -0.05) is 48.7 Å². The first-order valence-electron chi connectivity index (χ1n) is 5.76.